The van der Waals surface area contributed by atoms with Crippen LogP contribution in [-0.2, 0) is 15.9 Å². The Kier molecular flexibility index (Phi) is 23.4. The number of hydrogen-bond donors (Lipinski definition) is 2. The van der Waals surface area contributed by atoms with Gasteiger partial charge in [-0.15, -0.1) is 0 Å². The van der Waals surface area contributed by atoms with Gasteiger partial charge >= 0.3 is 35.0 Å². The Bertz CT molecular complexity index is 29.2. The van der Waals surface area contributed by atoms with Crippen LogP contribution in [0.2, 0.25) is 0 Å². The Morgan fingerprint density at radius 1 is 1.50 bits per heavy atom. The molecule has 0 radical (unpaired) electrons. The molecule has 5 heteroatoms. The van der Waals surface area contributed by atoms with Gasteiger partial charge < -0.3 is 11.5 Å². The van der Waals surface area contributed by atoms with Gasteiger partial charge in [0, 0.05) is 0 Å². The van der Waals surface area contributed by atoms with Gasteiger partial charge in [-0.05, 0) is 6.54 Å². The second kappa shape index (κ2) is 15.7. The van der Waals surface area contributed by atoms with E-state index in [2.05, 4.69) is 0 Å². The van der Waals surface area contributed by atoms with E-state index in [0.29, 0.717) is 6.54 Å². The van der Waals surface area contributed by atoms with Crippen molar-refractivity contribution in [2.75, 3.05) is 6.54 Å². The van der Waals surface area contributed by atoms with Crippen molar-refractivity contribution in [3.8, 4) is 0 Å². The van der Waals surface area contributed by atoms with Crippen molar-refractivity contribution in [2.45, 2.75) is 6.42 Å². The second-order valence-corrected chi connectivity index (χ2v) is 3.22. The van der Waals surface area contributed by atoms with E-state index < -0.39 is 0 Å². The van der Waals surface area contributed by atoms with Crippen molar-refractivity contribution >= 4 is 19.1 Å². The van der Waals surface area contributed by atoms with Crippen LogP contribution in [0.25, 0.3) is 0 Å². The topological polar surface area (TPSA) is 52.0 Å². The standard InChI is InChI=1S/C3H9N2.2ClH.Pd/c4-2-1-3-5;;;/h2H,1,3-5H2;2*1H;/q-1;;;+2/p-2. The van der Waals surface area contributed by atoms with Gasteiger partial charge in [-0.2, -0.15) is 6.42 Å². The summed E-state index contributed by atoms with van der Waals surface area (Å²) in [6.45, 7) is 2.22. The Morgan fingerprint density at radius 2 is 1.88 bits per heavy atom. The first-order chi connectivity index (χ1) is 3.83. The molecule has 0 aliphatic rings. The van der Waals surface area contributed by atoms with E-state index in [-0.39, 0.29) is 15.9 Å². The molecule has 8 heavy (non-hydrogen) atoms. The molecule has 0 atom stereocenters. The van der Waals surface area contributed by atoms with E-state index in [1.807, 2.05) is 0 Å². The van der Waals surface area contributed by atoms with Crippen LogP contribution < -0.4 is 11.5 Å². The molecule has 0 aromatic carbocycles. The molecule has 0 rings (SSSR count). The van der Waals surface area contributed by atoms with E-state index in [4.69, 9.17) is 30.5 Å². The van der Waals surface area contributed by atoms with Gasteiger partial charge in [0.05, 0.1) is 0 Å². The van der Waals surface area contributed by atoms with Crippen LogP contribution in [0.3, 0.4) is 0 Å². The van der Waals surface area contributed by atoms with Gasteiger partial charge in [-0.3, -0.25) is 6.54 Å². The molecule has 56 valence electrons. The summed E-state index contributed by atoms with van der Waals surface area (Å²) in [4.78, 5) is 0. The summed E-state index contributed by atoms with van der Waals surface area (Å²) in [5.41, 5.74) is 9.96. The average molecular weight is 250 g/mol. The third kappa shape index (κ3) is 27.2. The summed E-state index contributed by atoms with van der Waals surface area (Å²) in [6.07, 6.45) is 0.819. The minimum absolute atomic E-state index is 0.106. The Hall–Kier alpha value is 1.16. The fourth-order valence-electron chi connectivity index (χ4n) is 0.0962. The quantitative estimate of drug-likeness (QED) is 0.563. The molecule has 0 aliphatic carbocycles. The SMILES string of the molecule is N[CH-]CCN.[Cl][Pd][Cl]. The van der Waals surface area contributed by atoms with Crippen LogP contribution >= 0.6 is 19.1 Å². The molecule has 0 unspecified atom stereocenters. The van der Waals surface area contributed by atoms with Crippen molar-refractivity contribution in [3.05, 3.63) is 6.54 Å². The predicted octanol–water partition coefficient (Wildman–Crippen LogP) is 0.832. The average Bonchev–Trinajstić information content (AvgIpc) is 1.71. The van der Waals surface area contributed by atoms with Gasteiger partial charge in [0.1, 0.15) is 0 Å². The van der Waals surface area contributed by atoms with Crippen LogP contribution in [0.15, 0.2) is 0 Å². The van der Waals surface area contributed by atoms with E-state index in [1.165, 1.54) is 0 Å². The van der Waals surface area contributed by atoms with Crippen LogP contribution in [-0.4, -0.2) is 6.54 Å². The van der Waals surface area contributed by atoms with Crippen LogP contribution in [0, 0.1) is 6.54 Å². The van der Waals surface area contributed by atoms with Gasteiger partial charge in [-0.25, -0.2) is 0 Å². The van der Waals surface area contributed by atoms with Crippen LogP contribution in [0.5, 0.6) is 0 Å². The fourth-order valence-corrected chi connectivity index (χ4v) is 0.0962. The predicted molar refractivity (Wildman–Crippen MR) is 33.9 cm³/mol. The molecule has 0 heterocycles. The van der Waals surface area contributed by atoms with E-state index in [0.717, 1.165) is 6.42 Å². The molecule has 0 bridgehead atoms. The van der Waals surface area contributed by atoms with E-state index >= 15 is 0 Å². The first-order valence-corrected chi connectivity index (χ1v) is 5.89. The zero-order valence-corrected chi connectivity index (χ0v) is 7.28. The molecule has 0 saturated carbocycles. The molecule has 0 amide bonds. The third-order valence-corrected chi connectivity index (χ3v) is 0.333. The summed E-state index contributed by atoms with van der Waals surface area (Å²) in [5.74, 6) is 0. The van der Waals surface area contributed by atoms with Crippen molar-refractivity contribution < 1.29 is 15.9 Å². The molecular formula is C3H9Cl2N2Pd-. The molecule has 4 N–H and O–H groups in total. The molecule has 0 saturated heterocycles. The first-order valence-electron chi connectivity index (χ1n) is 1.89. The monoisotopic (exact) mass is 249 g/mol. The number of halogens is 2. The van der Waals surface area contributed by atoms with Gasteiger partial charge in [0.15, 0.2) is 0 Å². The van der Waals surface area contributed by atoms with E-state index in [1.54, 1.807) is 6.54 Å². The summed E-state index contributed by atoms with van der Waals surface area (Å²) >= 11 is -0.106. The van der Waals surface area contributed by atoms with Crippen molar-refractivity contribution in [2.24, 2.45) is 11.5 Å². The zero-order valence-electron chi connectivity index (χ0n) is 4.22. The summed E-state index contributed by atoms with van der Waals surface area (Å²) < 4.78 is 0. The molecule has 0 aromatic heterocycles. The number of hydrogen-bond acceptors (Lipinski definition) is 2. The summed E-state index contributed by atoms with van der Waals surface area (Å²) in [7, 11) is 9.63. The first kappa shape index (κ1) is 11.9. The normalized spacial score (nSPS) is 8.00. The Labute approximate surface area is 66.0 Å². The molecule has 0 aromatic rings. The Balaban J connectivity index is 0. The summed E-state index contributed by atoms with van der Waals surface area (Å²) in [6, 6.07) is 0. The fraction of sp³-hybridized carbons (Fsp3) is 0.667. The maximum atomic E-state index is 5.03. The van der Waals surface area contributed by atoms with Gasteiger partial charge in [0.2, 0.25) is 0 Å². The molecule has 0 aliphatic heterocycles. The van der Waals surface area contributed by atoms with Crippen molar-refractivity contribution in [3.63, 3.8) is 0 Å². The molecular weight excluding hydrogens is 241 g/mol. The third-order valence-electron chi connectivity index (χ3n) is 0.333. The van der Waals surface area contributed by atoms with Crippen molar-refractivity contribution in [1.29, 1.82) is 0 Å². The zero-order chi connectivity index (χ0) is 6.83. The minimum atomic E-state index is -0.106. The number of nitrogens with two attached hydrogens (primary N) is 2. The second-order valence-electron chi connectivity index (χ2n) is 0.858. The maximum absolute atomic E-state index is 5.03. The van der Waals surface area contributed by atoms with Crippen LogP contribution in [0.1, 0.15) is 6.42 Å². The number of rotatable bonds is 2. The van der Waals surface area contributed by atoms with Gasteiger partial charge in [0.25, 0.3) is 0 Å². The van der Waals surface area contributed by atoms with Gasteiger partial charge in [-0.1, -0.05) is 0 Å². The molecule has 0 fully saturated rings. The van der Waals surface area contributed by atoms with Crippen LogP contribution in [0.4, 0.5) is 0 Å². The molecule has 2 nitrogen and oxygen atoms in total. The van der Waals surface area contributed by atoms with E-state index in [9.17, 15) is 0 Å². The Morgan fingerprint density at radius 3 is 1.88 bits per heavy atom. The van der Waals surface area contributed by atoms with Crippen molar-refractivity contribution in [1.82, 2.24) is 0 Å². The molecule has 0 spiro atoms. The summed E-state index contributed by atoms with van der Waals surface area (Å²) in [5, 5.41) is 0.